The number of carboxylic acids is 1. The lowest BCUT2D eigenvalue weighted by Gasteiger charge is -2.29. The van der Waals surface area contributed by atoms with E-state index in [2.05, 4.69) is 34.9 Å². The second-order valence-corrected chi connectivity index (χ2v) is 9.81. The molecule has 0 aromatic heterocycles. The Labute approximate surface area is 203 Å². The van der Waals surface area contributed by atoms with Gasteiger partial charge in [0.25, 0.3) is 0 Å². The van der Waals surface area contributed by atoms with Crippen LogP contribution < -0.4 is 10.6 Å². The summed E-state index contributed by atoms with van der Waals surface area (Å²) >= 11 is 1.40. The molecule has 0 unspecified atom stereocenters. The van der Waals surface area contributed by atoms with E-state index in [9.17, 15) is 19.5 Å². The van der Waals surface area contributed by atoms with Crippen LogP contribution >= 0.6 is 11.8 Å². The first kappa shape index (κ1) is 24.1. The summed E-state index contributed by atoms with van der Waals surface area (Å²) in [6.07, 6.45) is 2.66. The van der Waals surface area contributed by atoms with Gasteiger partial charge in [-0.05, 0) is 35.1 Å². The molecule has 8 heteroatoms. The third-order valence-electron chi connectivity index (χ3n) is 6.52. The number of ether oxygens (including phenoxy) is 1. The zero-order chi connectivity index (χ0) is 23.9. The van der Waals surface area contributed by atoms with Gasteiger partial charge in [0.05, 0.1) is 11.7 Å². The summed E-state index contributed by atoms with van der Waals surface area (Å²) in [7, 11) is 0. The summed E-state index contributed by atoms with van der Waals surface area (Å²) in [5.41, 5.74) is 4.71. The fourth-order valence-electron chi connectivity index (χ4n) is 4.89. The molecule has 0 aliphatic heterocycles. The lowest BCUT2D eigenvalue weighted by Crippen LogP contribution is -2.45. The Kier molecular flexibility index (Phi) is 8.11. The topological polar surface area (TPSA) is 105 Å². The fraction of sp³-hybridized carbons (Fsp3) is 0.423. The fourth-order valence-corrected chi connectivity index (χ4v) is 5.55. The summed E-state index contributed by atoms with van der Waals surface area (Å²) in [5, 5.41) is 14.9. The number of hydrogen-bond acceptors (Lipinski definition) is 5. The zero-order valence-electron chi connectivity index (χ0n) is 19.0. The Bertz CT molecular complexity index is 998. The molecule has 180 valence electrons. The number of nitrogens with one attached hydrogen (secondary N) is 2. The largest absolute Gasteiger partial charge is 0.481 e. The van der Waals surface area contributed by atoms with Gasteiger partial charge in [0, 0.05) is 24.3 Å². The van der Waals surface area contributed by atoms with E-state index in [1.165, 1.54) is 34.0 Å². The molecule has 0 bridgehead atoms. The average molecular weight is 483 g/mol. The molecule has 0 heterocycles. The van der Waals surface area contributed by atoms with Gasteiger partial charge in [-0.15, -0.1) is 0 Å². The molecular weight excluding hydrogens is 452 g/mol. The molecule has 2 aromatic carbocycles. The van der Waals surface area contributed by atoms with E-state index in [0.29, 0.717) is 25.1 Å². The Morgan fingerprint density at radius 3 is 2.29 bits per heavy atom. The van der Waals surface area contributed by atoms with Crippen LogP contribution in [-0.4, -0.2) is 53.8 Å². The zero-order valence-corrected chi connectivity index (χ0v) is 19.8. The van der Waals surface area contributed by atoms with Gasteiger partial charge in [0.15, 0.2) is 0 Å². The molecule has 3 N–H and O–H groups in total. The van der Waals surface area contributed by atoms with Crippen molar-refractivity contribution >= 4 is 29.7 Å². The molecule has 2 aliphatic carbocycles. The maximum absolute atomic E-state index is 12.2. The number of hydrogen-bond donors (Lipinski definition) is 3. The SMILES string of the molecule is O=C(CSCCNC(=O)OCC1c2ccccc2-c2ccccc21)N[C@H]1CCCC[C@H]1C(=O)O. The molecule has 4 rings (SSSR count). The Morgan fingerprint density at radius 1 is 0.971 bits per heavy atom. The highest BCUT2D eigenvalue weighted by Crippen LogP contribution is 2.44. The average Bonchev–Trinajstić information content (AvgIpc) is 3.16. The van der Waals surface area contributed by atoms with E-state index >= 15 is 0 Å². The predicted octanol–water partition coefficient (Wildman–Crippen LogP) is 4.02. The van der Waals surface area contributed by atoms with Gasteiger partial charge in [-0.25, -0.2) is 4.79 Å². The first-order chi connectivity index (χ1) is 16.5. The summed E-state index contributed by atoms with van der Waals surface area (Å²) in [6.45, 7) is 0.650. The number of thioether (sulfide) groups is 1. The molecule has 1 fully saturated rings. The highest BCUT2D eigenvalue weighted by Gasteiger charge is 2.32. The van der Waals surface area contributed by atoms with E-state index in [0.717, 1.165) is 12.8 Å². The highest BCUT2D eigenvalue weighted by atomic mass is 32.2. The van der Waals surface area contributed by atoms with Crippen LogP contribution in [0.15, 0.2) is 48.5 Å². The minimum Gasteiger partial charge on any atom is -0.481 e. The van der Waals surface area contributed by atoms with Crippen molar-refractivity contribution in [3.8, 4) is 11.1 Å². The molecule has 0 radical (unpaired) electrons. The summed E-state index contributed by atoms with van der Waals surface area (Å²) < 4.78 is 5.51. The van der Waals surface area contributed by atoms with E-state index in [-0.39, 0.29) is 30.2 Å². The molecule has 0 saturated heterocycles. The normalized spacial score (nSPS) is 19.1. The number of amides is 2. The number of rotatable bonds is 9. The number of aliphatic carboxylic acids is 1. The number of carbonyl (C=O) groups is 3. The van der Waals surface area contributed by atoms with Crippen LogP contribution in [0.25, 0.3) is 11.1 Å². The van der Waals surface area contributed by atoms with Gasteiger partial charge in [0.1, 0.15) is 6.61 Å². The summed E-state index contributed by atoms with van der Waals surface area (Å²) in [6, 6.07) is 16.1. The molecular formula is C26H30N2O5S. The van der Waals surface area contributed by atoms with Crippen molar-refractivity contribution in [3.05, 3.63) is 59.7 Å². The molecule has 7 nitrogen and oxygen atoms in total. The van der Waals surface area contributed by atoms with Gasteiger partial charge in [0.2, 0.25) is 5.91 Å². The van der Waals surface area contributed by atoms with Crippen molar-refractivity contribution < 1.29 is 24.2 Å². The molecule has 2 amide bonds. The van der Waals surface area contributed by atoms with Crippen LogP contribution in [0.1, 0.15) is 42.7 Å². The minimum absolute atomic E-state index is 0.0191. The maximum Gasteiger partial charge on any atom is 0.407 e. The third-order valence-corrected chi connectivity index (χ3v) is 7.48. The summed E-state index contributed by atoms with van der Waals surface area (Å²) in [4.78, 5) is 35.8. The maximum atomic E-state index is 12.2. The van der Waals surface area contributed by atoms with E-state index in [4.69, 9.17) is 4.74 Å². The van der Waals surface area contributed by atoms with Crippen LogP contribution in [0.5, 0.6) is 0 Å². The Hall–Kier alpha value is -3.00. The quantitative estimate of drug-likeness (QED) is 0.467. The monoisotopic (exact) mass is 482 g/mol. The molecule has 34 heavy (non-hydrogen) atoms. The highest BCUT2D eigenvalue weighted by molar-refractivity contribution is 7.99. The van der Waals surface area contributed by atoms with E-state index in [1.807, 2.05) is 24.3 Å². The van der Waals surface area contributed by atoms with Gasteiger partial charge < -0.3 is 20.5 Å². The van der Waals surface area contributed by atoms with Crippen molar-refractivity contribution in [2.75, 3.05) is 24.7 Å². The molecule has 2 aliphatic rings. The van der Waals surface area contributed by atoms with Crippen LogP contribution in [-0.2, 0) is 14.3 Å². The smallest absolute Gasteiger partial charge is 0.407 e. The lowest BCUT2D eigenvalue weighted by molar-refractivity contribution is -0.144. The predicted molar refractivity (Wildman–Crippen MR) is 132 cm³/mol. The van der Waals surface area contributed by atoms with Gasteiger partial charge in [-0.2, -0.15) is 11.8 Å². The minimum atomic E-state index is -0.843. The van der Waals surface area contributed by atoms with Crippen molar-refractivity contribution in [2.24, 2.45) is 5.92 Å². The number of alkyl carbamates (subject to hydrolysis) is 1. The lowest BCUT2D eigenvalue weighted by atomic mass is 9.84. The number of fused-ring (bicyclic) bond motifs is 3. The first-order valence-corrected chi connectivity index (χ1v) is 12.9. The second-order valence-electron chi connectivity index (χ2n) is 8.71. The summed E-state index contributed by atoms with van der Waals surface area (Å²) in [5.74, 6) is -0.697. The Morgan fingerprint density at radius 2 is 1.62 bits per heavy atom. The van der Waals surface area contributed by atoms with Crippen molar-refractivity contribution in [3.63, 3.8) is 0 Å². The first-order valence-electron chi connectivity index (χ1n) is 11.7. The van der Waals surface area contributed by atoms with Crippen LogP contribution in [0.4, 0.5) is 4.79 Å². The Balaban J connectivity index is 1.15. The van der Waals surface area contributed by atoms with Crippen molar-refractivity contribution in [1.29, 1.82) is 0 Å². The second kappa shape index (κ2) is 11.4. The molecule has 2 aromatic rings. The van der Waals surface area contributed by atoms with E-state index < -0.39 is 18.0 Å². The molecule has 2 atom stereocenters. The number of carboxylic acid groups (broad SMARTS) is 1. The standard InChI is InChI=1S/C26H30N2O5S/c29-24(28-23-12-6-5-11-21(23)25(30)31)16-34-14-13-27-26(32)33-15-22-19-9-3-1-7-17(19)18-8-2-4-10-20(18)22/h1-4,7-10,21-23H,5-6,11-16H2,(H,27,32)(H,28,29)(H,30,31)/t21-,23+/m1/s1. The number of carbonyl (C=O) groups excluding carboxylic acids is 2. The van der Waals surface area contributed by atoms with Gasteiger partial charge in [-0.3, -0.25) is 9.59 Å². The van der Waals surface area contributed by atoms with Crippen LogP contribution in [0.2, 0.25) is 0 Å². The van der Waals surface area contributed by atoms with E-state index in [1.54, 1.807) is 0 Å². The molecule has 0 spiro atoms. The van der Waals surface area contributed by atoms with Gasteiger partial charge >= 0.3 is 12.1 Å². The third kappa shape index (κ3) is 5.73. The molecule has 1 saturated carbocycles. The van der Waals surface area contributed by atoms with Crippen LogP contribution in [0, 0.1) is 5.92 Å². The van der Waals surface area contributed by atoms with Crippen molar-refractivity contribution in [2.45, 2.75) is 37.6 Å². The van der Waals surface area contributed by atoms with Crippen LogP contribution in [0.3, 0.4) is 0 Å². The van der Waals surface area contributed by atoms with Gasteiger partial charge in [-0.1, -0.05) is 61.4 Å². The number of benzene rings is 2. The van der Waals surface area contributed by atoms with Crippen molar-refractivity contribution in [1.82, 2.24) is 10.6 Å².